The summed E-state index contributed by atoms with van der Waals surface area (Å²) in [5.74, 6) is 1.43. The van der Waals surface area contributed by atoms with Crippen LogP contribution in [0.5, 0.6) is 0 Å². The second kappa shape index (κ2) is 5.14. The zero-order chi connectivity index (χ0) is 13.5. The molecule has 2 atom stereocenters. The van der Waals surface area contributed by atoms with E-state index in [0.29, 0.717) is 5.75 Å². The van der Waals surface area contributed by atoms with Crippen LogP contribution < -0.4 is 0 Å². The molecule has 0 saturated carbocycles. The molecule has 0 radical (unpaired) electrons. The summed E-state index contributed by atoms with van der Waals surface area (Å²) in [5, 5.41) is 0.158. The molecule has 102 valence electrons. The van der Waals surface area contributed by atoms with Crippen molar-refractivity contribution >= 4 is 37.7 Å². The number of hydrogen-bond acceptors (Lipinski definition) is 5. The van der Waals surface area contributed by atoms with Crippen LogP contribution in [0.3, 0.4) is 0 Å². The first-order valence-corrected chi connectivity index (χ1v) is 9.84. The van der Waals surface area contributed by atoms with E-state index in [0.717, 1.165) is 10.1 Å². The zero-order valence-electron chi connectivity index (χ0n) is 10.6. The third-order valence-corrected chi connectivity index (χ3v) is 7.77. The summed E-state index contributed by atoms with van der Waals surface area (Å²) >= 11 is 3.36. The van der Waals surface area contributed by atoms with Crippen LogP contribution in [-0.2, 0) is 15.6 Å². The van der Waals surface area contributed by atoms with E-state index in [9.17, 15) is 8.42 Å². The normalized spacial score (nSPS) is 28.2. The SMILES string of the molecule is Cc1ccc(CSC2=N[C@H]3CS(=O)(=O)C[C@H]3S2)cc1. The molecule has 0 aromatic heterocycles. The Kier molecular flexibility index (Phi) is 3.66. The van der Waals surface area contributed by atoms with Crippen LogP contribution >= 0.6 is 23.5 Å². The van der Waals surface area contributed by atoms with E-state index in [1.807, 2.05) is 0 Å². The van der Waals surface area contributed by atoms with Gasteiger partial charge in [0, 0.05) is 11.0 Å². The van der Waals surface area contributed by atoms with Crippen molar-refractivity contribution in [3.05, 3.63) is 35.4 Å². The highest BCUT2D eigenvalue weighted by molar-refractivity contribution is 8.39. The predicted octanol–water partition coefficient (Wildman–Crippen LogP) is 2.50. The maximum absolute atomic E-state index is 11.5. The summed E-state index contributed by atoms with van der Waals surface area (Å²) in [6.07, 6.45) is 0. The van der Waals surface area contributed by atoms with Crippen molar-refractivity contribution in [1.82, 2.24) is 0 Å². The van der Waals surface area contributed by atoms with Crippen LogP contribution in [0, 0.1) is 6.92 Å². The fourth-order valence-corrected chi connectivity index (χ4v) is 7.21. The Hall–Kier alpha value is -0.460. The van der Waals surface area contributed by atoms with Gasteiger partial charge >= 0.3 is 0 Å². The lowest BCUT2D eigenvalue weighted by Gasteiger charge is -2.03. The second-order valence-electron chi connectivity index (χ2n) is 4.97. The Balaban J connectivity index is 1.59. The molecule has 1 saturated heterocycles. The molecule has 0 spiro atoms. The third kappa shape index (κ3) is 3.17. The van der Waals surface area contributed by atoms with E-state index in [1.165, 1.54) is 11.1 Å². The van der Waals surface area contributed by atoms with Gasteiger partial charge in [-0.05, 0) is 12.5 Å². The first-order chi connectivity index (χ1) is 9.02. The van der Waals surface area contributed by atoms with Crippen molar-refractivity contribution in [3.8, 4) is 0 Å². The topological polar surface area (TPSA) is 46.5 Å². The van der Waals surface area contributed by atoms with Gasteiger partial charge < -0.3 is 0 Å². The molecule has 2 heterocycles. The lowest BCUT2D eigenvalue weighted by Crippen LogP contribution is -2.12. The molecular formula is C13H15NO2S3. The number of benzene rings is 1. The number of rotatable bonds is 2. The number of hydrogen-bond donors (Lipinski definition) is 0. The van der Waals surface area contributed by atoms with Crippen LogP contribution in [-0.4, -0.2) is 35.6 Å². The van der Waals surface area contributed by atoms with Crippen molar-refractivity contribution in [2.24, 2.45) is 4.99 Å². The molecule has 1 aromatic rings. The molecule has 2 aliphatic rings. The van der Waals surface area contributed by atoms with Crippen molar-refractivity contribution in [2.45, 2.75) is 24.0 Å². The summed E-state index contributed by atoms with van der Waals surface area (Å²) in [7, 11) is -2.84. The van der Waals surface area contributed by atoms with Crippen LogP contribution in [0.25, 0.3) is 0 Å². The minimum Gasteiger partial charge on any atom is -0.266 e. The first kappa shape index (κ1) is 13.5. The zero-order valence-corrected chi connectivity index (χ0v) is 13.0. The molecule has 0 aliphatic carbocycles. The minimum atomic E-state index is -2.84. The molecule has 1 fully saturated rings. The van der Waals surface area contributed by atoms with Gasteiger partial charge in [0.2, 0.25) is 0 Å². The Morgan fingerprint density at radius 3 is 2.74 bits per heavy atom. The quantitative estimate of drug-likeness (QED) is 0.841. The molecule has 3 nitrogen and oxygen atoms in total. The smallest absolute Gasteiger partial charge is 0.153 e. The standard InChI is InChI=1S/C13H15NO2S3/c1-9-2-4-10(5-3-9)6-17-13-14-11-7-19(15,16)8-12(11)18-13/h2-5,11-12H,6-8H2,1H3/t11-,12+/m0/s1. The van der Waals surface area contributed by atoms with Gasteiger partial charge in [0.15, 0.2) is 9.84 Å². The molecule has 0 N–H and O–H groups in total. The van der Waals surface area contributed by atoms with E-state index in [-0.39, 0.29) is 17.0 Å². The first-order valence-electron chi connectivity index (χ1n) is 6.15. The predicted molar refractivity (Wildman–Crippen MR) is 83.7 cm³/mol. The van der Waals surface area contributed by atoms with E-state index < -0.39 is 9.84 Å². The Labute approximate surface area is 122 Å². The third-order valence-electron chi connectivity index (χ3n) is 3.28. The Bertz CT molecular complexity index is 607. The van der Waals surface area contributed by atoms with Gasteiger partial charge in [-0.25, -0.2) is 8.42 Å². The summed E-state index contributed by atoms with van der Waals surface area (Å²) < 4.78 is 24.0. The number of sulfone groups is 1. The van der Waals surface area contributed by atoms with Crippen molar-refractivity contribution in [2.75, 3.05) is 11.5 Å². The number of aryl methyl sites for hydroxylation is 1. The van der Waals surface area contributed by atoms with Crippen molar-refractivity contribution < 1.29 is 8.42 Å². The molecule has 1 aromatic carbocycles. The Morgan fingerprint density at radius 2 is 2.05 bits per heavy atom. The van der Waals surface area contributed by atoms with Gasteiger partial charge in [-0.2, -0.15) is 0 Å². The fraction of sp³-hybridized carbons (Fsp3) is 0.462. The maximum atomic E-state index is 11.5. The fourth-order valence-electron chi connectivity index (χ4n) is 2.23. The number of thioether (sulfide) groups is 2. The maximum Gasteiger partial charge on any atom is 0.153 e. The second-order valence-corrected chi connectivity index (χ2v) is 9.57. The van der Waals surface area contributed by atoms with Gasteiger partial charge in [0.1, 0.15) is 4.38 Å². The van der Waals surface area contributed by atoms with Crippen LogP contribution in [0.1, 0.15) is 11.1 Å². The van der Waals surface area contributed by atoms with Crippen molar-refractivity contribution in [1.29, 1.82) is 0 Å². The average molecular weight is 313 g/mol. The molecule has 0 amide bonds. The van der Waals surface area contributed by atoms with Crippen LogP contribution in [0.15, 0.2) is 29.3 Å². The Morgan fingerprint density at radius 1 is 1.32 bits per heavy atom. The number of aliphatic imine (C=N–C) groups is 1. The highest BCUT2D eigenvalue weighted by Crippen LogP contribution is 2.38. The highest BCUT2D eigenvalue weighted by Gasteiger charge is 2.42. The van der Waals surface area contributed by atoms with Gasteiger partial charge in [-0.1, -0.05) is 53.4 Å². The summed E-state index contributed by atoms with van der Waals surface area (Å²) in [6, 6.07) is 8.49. The number of nitrogens with zero attached hydrogens (tertiary/aromatic N) is 1. The van der Waals surface area contributed by atoms with Crippen LogP contribution in [0.4, 0.5) is 0 Å². The monoisotopic (exact) mass is 313 g/mol. The molecule has 19 heavy (non-hydrogen) atoms. The molecule has 0 bridgehead atoms. The summed E-state index contributed by atoms with van der Waals surface area (Å²) in [5.41, 5.74) is 2.55. The van der Waals surface area contributed by atoms with Gasteiger partial charge in [-0.15, -0.1) is 0 Å². The molecule has 3 rings (SSSR count). The minimum absolute atomic E-state index is 0.00415. The van der Waals surface area contributed by atoms with E-state index in [1.54, 1.807) is 23.5 Å². The summed E-state index contributed by atoms with van der Waals surface area (Å²) in [6.45, 7) is 2.08. The largest absolute Gasteiger partial charge is 0.266 e. The van der Waals surface area contributed by atoms with E-state index >= 15 is 0 Å². The molecule has 2 aliphatic heterocycles. The van der Waals surface area contributed by atoms with Gasteiger partial charge in [0.05, 0.1) is 17.5 Å². The number of fused-ring (bicyclic) bond motifs is 1. The molecular weight excluding hydrogens is 298 g/mol. The van der Waals surface area contributed by atoms with E-state index in [2.05, 4.69) is 36.2 Å². The van der Waals surface area contributed by atoms with Gasteiger partial charge in [-0.3, -0.25) is 4.99 Å². The van der Waals surface area contributed by atoms with Gasteiger partial charge in [0.25, 0.3) is 0 Å². The molecule has 0 unspecified atom stereocenters. The molecule has 6 heteroatoms. The lowest BCUT2D eigenvalue weighted by molar-refractivity contribution is 0.601. The van der Waals surface area contributed by atoms with Crippen molar-refractivity contribution in [3.63, 3.8) is 0 Å². The lowest BCUT2D eigenvalue weighted by atomic mass is 10.2. The summed E-state index contributed by atoms with van der Waals surface area (Å²) in [4.78, 5) is 4.54. The highest BCUT2D eigenvalue weighted by atomic mass is 32.2. The average Bonchev–Trinajstić information content (AvgIpc) is 2.81. The van der Waals surface area contributed by atoms with Crippen LogP contribution in [0.2, 0.25) is 0 Å². The van der Waals surface area contributed by atoms with E-state index in [4.69, 9.17) is 0 Å².